The number of amides is 3. The van der Waals surface area contributed by atoms with E-state index in [2.05, 4.69) is 4.90 Å². The normalized spacial score (nSPS) is 25.4. The highest BCUT2D eigenvalue weighted by atomic mass is 19.4. The fourth-order valence-electron chi connectivity index (χ4n) is 6.52. The lowest BCUT2D eigenvalue weighted by Crippen LogP contribution is -2.48. The first-order valence-corrected chi connectivity index (χ1v) is 14.6. The average molecular weight is 572 g/mol. The molecule has 2 unspecified atom stereocenters. The molecule has 0 spiro atoms. The monoisotopic (exact) mass is 571 g/mol. The Labute approximate surface area is 240 Å². The molecule has 3 fully saturated rings. The van der Waals surface area contributed by atoms with Crippen molar-refractivity contribution in [3.63, 3.8) is 0 Å². The quantitative estimate of drug-likeness (QED) is 0.554. The molecular formula is C31H40F3N5O2. The van der Waals surface area contributed by atoms with Crippen LogP contribution in [0.2, 0.25) is 0 Å². The molecule has 2 heterocycles. The summed E-state index contributed by atoms with van der Waals surface area (Å²) in [5, 5.41) is 0. The minimum atomic E-state index is -4.38. The largest absolute Gasteiger partial charge is 0.416 e. The lowest BCUT2D eigenvalue weighted by molar-refractivity contribution is -0.137. The summed E-state index contributed by atoms with van der Waals surface area (Å²) in [6.45, 7) is 3.02. The Kier molecular flexibility index (Phi) is 8.61. The van der Waals surface area contributed by atoms with E-state index in [1.54, 1.807) is 36.2 Å². The van der Waals surface area contributed by atoms with Crippen LogP contribution in [-0.2, 0) is 6.18 Å². The highest BCUT2D eigenvalue weighted by Gasteiger charge is 2.37. The van der Waals surface area contributed by atoms with Gasteiger partial charge in [-0.2, -0.15) is 13.2 Å². The number of hydrogen-bond donors (Lipinski definition) is 1. The number of alkyl halides is 3. The predicted octanol–water partition coefficient (Wildman–Crippen LogP) is 4.91. The van der Waals surface area contributed by atoms with Gasteiger partial charge in [-0.25, -0.2) is 4.79 Å². The number of carbonyl (C=O) groups is 2. The zero-order valence-corrected chi connectivity index (χ0v) is 23.8. The molecule has 2 aromatic rings. The Morgan fingerprint density at radius 3 is 1.95 bits per heavy atom. The molecule has 3 amide bonds. The third-order valence-electron chi connectivity index (χ3n) is 9.28. The van der Waals surface area contributed by atoms with Gasteiger partial charge >= 0.3 is 12.2 Å². The van der Waals surface area contributed by atoms with Gasteiger partial charge in [0.2, 0.25) is 0 Å². The fraction of sp³-hybridized carbons (Fsp3) is 0.548. The molecule has 7 nitrogen and oxygen atoms in total. The SMILES string of the molecule is CN(C(=O)c1ccc(-c2ccc(C(F)(F)F)cc2)cc1)C1CCN(C(=O)N(C)C2CCN(C3CCC(N)CC3)C2)C1. The summed E-state index contributed by atoms with van der Waals surface area (Å²) in [5.41, 5.74) is 7.26. The van der Waals surface area contributed by atoms with Crippen LogP contribution >= 0.6 is 0 Å². The molecule has 10 heteroatoms. The highest BCUT2D eigenvalue weighted by molar-refractivity contribution is 5.95. The zero-order chi connectivity index (χ0) is 29.3. The molecule has 5 rings (SSSR count). The van der Waals surface area contributed by atoms with Gasteiger partial charge < -0.3 is 20.4 Å². The number of rotatable bonds is 5. The lowest BCUT2D eigenvalue weighted by Gasteiger charge is -2.34. The van der Waals surface area contributed by atoms with E-state index in [1.807, 2.05) is 16.8 Å². The molecule has 3 aliphatic rings. The van der Waals surface area contributed by atoms with Crippen LogP contribution in [0.4, 0.5) is 18.0 Å². The van der Waals surface area contributed by atoms with Crippen LogP contribution < -0.4 is 5.73 Å². The van der Waals surface area contributed by atoms with E-state index in [0.29, 0.717) is 42.7 Å². The van der Waals surface area contributed by atoms with Crippen molar-refractivity contribution in [2.75, 3.05) is 40.3 Å². The van der Waals surface area contributed by atoms with Crippen molar-refractivity contribution < 1.29 is 22.8 Å². The number of nitrogens with zero attached hydrogens (tertiary/aromatic N) is 4. The van der Waals surface area contributed by atoms with Gasteiger partial charge in [0.25, 0.3) is 5.91 Å². The number of carbonyl (C=O) groups excluding carboxylic acids is 2. The Morgan fingerprint density at radius 2 is 1.34 bits per heavy atom. The fourth-order valence-corrected chi connectivity index (χ4v) is 6.52. The molecule has 2 aliphatic heterocycles. The molecule has 41 heavy (non-hydrogen) atoms. The summed E-state index contributed by atoms with van der Waals surface area (Å²) >= 11 is 0. The van der Waals surface area contributed by atoms with Crippen LogP contribution in [0.3, 0.4) is 0 Å². The molecule has 2 saturated heterocycles. The van der Waals surface area contributed by atoms with Gasteiger partial charge in [0, 0.05) is 64.0 Å². The van der Waals surface area contributed by atoms with Gasteiger partial charge in [-0.05, 0) is 73.9 Å². The van der Waals surface area contributed by atoms with Crippen LogP contribution in [0.25, 0.3) is 11.1 Å². The Bertz CT molecular complexity index is 1210. The maximum atomic E-state index is 13.4. The second-order valence-electron chi connectivity index (χ2n) is 11.9. The van der Waals surface area contributed by atoms with Crippen LogP contribution in [-0.4, -0.2) is 96.0 Å². The van der Waals surface area contributed by atoms with Crippen molar-refractivity contribution in [1.29, 1.82) is 0 Å². The standard InChI is InChI=1S/C31H40F3N5O2/c1-36(29(40)23-5-3-21(4-6-23)22-7-9-24(10-8-22)31(32,33)34)27-16-18-39(20-27)30(41)37(2)28-15-17-38(19-28)26-13-11-25(35)12-14-26/h3-10,25-28H,11-20,35H2,1-2H3. The van der Waals surface area contributed by atoms with Crippen LogP contribution in [0.15, 0.2) is 48.5 Å². The van der Waals surface area contributed by atoms with Gasteiger partial charge in [0.05, 0.1) is 11.6 Å². The van der Waals surface area contributed by atoms with E-state index in [4.69, 9.17) is 5.73 Å². The van der Waals surface area contributed by atoms with Crippen LogP contribution in [0.5, 0.6) is 0 Å². The van der Waals surface area contributed by atoms with Crippen molar-refractivity contribution in [2.45, 2.75) is 68.9 Å². The lowest BCUT2D eigenvalue weighted by atomic mass is 9.91. The summed E-state index contributed by atoms with van der Waals surface area (Å²) in [5.74, 6) is -0.143. The van der Waals surface area contributed by atoms with E-state index < -0.39 is 11.7 Å². The first-order valence-electron chi connectivity index (χ1n) is 14.6. The maximum Gasteiger partial charge on any atom is 0.416 e. The Balaban J connectivity index is 1.13. The van der Waals surface area contributed by atoms with Gasteiger partial charge in [-0.3, -0.25) is 9.69 Å². The van der Waals surface area contributed by atoms with Crippen LogP contribution in [0, 0.1) is 0 Å². The number of nitrogens with two attached hydrogens (primary N) is 1. The summed E-state index contributed by atoms with van der Waals surface area (Å²) < 4.78 is 38.6. The van der Waals surface area contributed by atoms with Crippen molar-refractivity contribution in [3.05, 3.63) is 59.7 Å². The molecule has 0 aromatic heterocycles. The zero-order valence-electron chi connectivity index (χ0n) is 23.8. The molecule has 222 valence electrons. The highest BCUT2D eigenvalue weighted by Crippen LogP contribution is 2.31. The number of likely N-dealkylation sites (tertiary alicyclic amines) is 2. The molecule has 0 radical (unpaired) electrons. The number of likely N-dealkylation sites (N-methyl/N-ethyl adjacent to an activating group) is 2. The first kappa shape index (κ1) is 29.4. The van der Waals surface area contributed by atoms with E-state index in [1.165, 1.54) is 12.1 Å². The van der Waals surface area contributed by atoms with E-state index in [0.717, 1.165) is 62.9 Å². The Hall–Kier alpha value is -3.11. The minimum Gasteiger partial charge on any atom is -0.337 e. The average Bonchev–Trinajstić information content (AvgIpc) is 3.67. The molecule has 2 atom stereocenters. The van der Waals surface area contributed by atoms with Gasteiger partial charge in [0.1, 0.15) is 0 Å². The molecular weight excluding hydrogens is 531 g/mol. The third kappa shape index (κ3) is 6.54. The third-order valence-corrected chi connectivity index (χ3v) is 9.28. The molecule has 0 bridgehead atoms. The topological polar surface area (TPSA) is 73.1 Å². The summed E-state index contributed by atoms with van der Waals surface area (Å²) in [6.07, 6.45) is 1.73. The van der Waals surface area contributed by atoms with Crippen molar-refractivity contribution in [3.8, 4) is 11.1 Å². The summed E-state index contributed by atoms with van der Waals surface area (Å²) in [7, 11) is 3.66. The first-order chi connectivity index (χ1) is 19.5. The van der Waals surface area contributed by atoms with Gasteiger partial charge in [0.15, 0.2) is 0 Å². The predicted molar refractivity (Wildman–Crippen MR) is 152 cm³/mol. The Morgan fingerprint density at radius 1 is 0.780 bits per heavy atom. The second kappa shape index (κ2) is 12.0. The molecule has 1 saturated carbocycles. The second-order valence-corrected chi connectivity index (χ2v) is 11.9. The molecule has 2 N–H and O–H groups in total. The smallest absolute Gasteiger partial charge is 0.337 e. The van der Waals surface area contributed by atoms with Gasteiger partial charge in [-0.15, -0.1) is 0 Å². The number of benzene rings is 2. The number of halogens is 3. The number of urea groups is 1. The van der Waals surface area contributed by atoms with E-state index in [-0.39, 0.29) is 24.0 Å². The molecule has 1 aliphatic carbocycles. The van der Waals surface area contributed by atoms with Crippen molar-refractivity contribution in [2.24, 2.45) is 5.73 Å². The van der Waals surface area contributed by atoms with Crippen molar-refractivity contribution in [1.82, 2.24) is 19.6 Å². The molecule has 2 aromatic carbocycles. The number of hydrogen-bond acceptors (Lipinski definition) is 4. The van der Waals surface area contributed by atoms with Crippen LogP contribution in [0.1, 0.15) is 54.4 Å². The maximum absolute atomic E-state index is 13.4. The van der Waals surface area contributed by atoms with Gasteiger partial charge in [-0.1, -0.05) is 24.3 Å². The van der Waals surface area contributed by atoms with Crippen molar-refractivity contribution >= 4 is 11.9 Å². The van der Waals surface area contributed by atoms with E-state index >= 15 is 0 Å². The minimum absolute atomic E-state index is 0.0201. The van der Waals surface area contributed by atoms with E-state index in [9.17, 15) is 22.8 Å². The summed E-state index contributed by atoms with van der Waals surface area (Å²) in [6, 6.07) is 12.9. The summed E-state index contributed by atoms with van der Waals surface area (Å²) in [4.78, 5) is 34.6.